The van der Waals surface area contributed by atoms with E-state index in [4.69, 9.17) is 9.47 Å². The number of hydrogen-bond acceptors (Lipinski definition) is 6. The highest BCUT2D eigenvalue weighted by molar-refractivity contribution is 9.10. The molecule has 0 saturated heterocycles. The number of carbonyl (C=O) groups excluding carboxylic acids is 2. The van der Waals surface area contributed by atoms with Gasteiger partial charge in [0.15, 0.2) is 5.78 Å². The number of aromatic amines is 1. The summed E-state index contributed by atoms with van der Waals surface area (Å²) in [6, 6.07) is 18.3. The summed E-state index contributed by atoms with van der Waals surface area (Å²) in [5.41, 5.74) is 3.80. The molecule has 0 aliphatic rings. The summed E-state index contributed by atoms with van der Waals surface area (Å²) in [6.07, 6.45) is -0.589. The largest absolute Gasteiger partial charge is 0.496 e. The molecular weight excluding hydrogens is 500 g/mol. The van der Waals surface area contributed by atoms with E-state index in [1.807, 2.05) is 24.3 Å². The minimum Gasteiger partial charge on any atom is -0.496 e. The second-order valence-corrected chi connectivity index (χ2v) is 8.25. The molecule has 0 unspecified atom stereocenters. The topological polar surface area (TPSA) is 105 Å². The van der Waals surface area contributed by atoms with Gasteiger partial charge in [0, 0.05) is 10.0 Å². The third-order valence-electron chi connectivity index (χ3n) is 5.10. The van der Waals surface area contributed by atoms with Crippen LogP contribution >= 0.6 is 15.9 Å². The number of benzene rings is 3. The number of ether oxygens (including phenoxy) is 2. The molecule has 4 aromatic rings. The number of para-hydroxylation sites is 1. The molecule has 174 valence electrons. The van der Waals surface area contributed by atoms with Crippen molar-refractivity contribution in [1.82, 2.24) is 9.97 Å². The van der Waals surface area contributed by atoms with Gasteiger partial charge in [-0.15, -0.1) is 0 Å². The first kappa shape index (κ1) is 23.3. The van der Waals surface area contributed by atoms with Crippen molar-refractivity contribution in [2.75, 3.05) is 30.9 Å². The first-order valence-electron chi connectivity index (χ1n) is 10.6. The molecule has 3 aromatic carbocycles. The molecule has 0 saturated carbocycles. The van der Waals surface area contributed by atoms with Crippen LogP contribution in [0.4, 0.5) is 16.2 Å². The number of halogens is 1. The minimum absolute atomic E-state index is 0.00657. The number of Topliss-reactive ketones (excluding diaryl/α,β-unsaturated/α-hetero) is 1. The number of methoxy groups -OCH3 is 1. The zero-order valence-corrected chi connectivity index (χ0v) is 20.2. The van der Waals surface area contributed by atoms with Crippen molar-refractivity contribution in [2.45, 2.75) is 6.92 Å². The molecule has 1 heterocycles. The van der Waals surface area contributed by atoms with Crippen molar-refractivity contribution in [3.05, 3.63) is 70.7 Å². The van der Waals surface area contributed by atoms with E-state index in [1.165, 1.54) is 7.11 Å². The highest BCUT2D eigenvalue weighted by Crippen LogP contribution is 2.30. The smallest absolute Gasteiger partial charge is 0.411 e. The Morgan fingerprint density at radius 3 is 2.56 bits per heavy atom. The van der Waals surface area contributed by atoms with Gasteiger partial charge in [0.1, 0.15) is 11.6 Å². The second kappa shape index (κ2) is 10.4. The van der Waals surface area contributed by atoms with Crippen LogP contribution in [0.3, 0.4) is 0 Å². The number of ketones is 1. The molecule has 9 heteroatoms. The van der Waals surface area contributed by atoms with E-state index in [1.54, 1.807) is 43.3 Å². The summed E-state index contributed by atoms with van der Waals surface area (Å²) in [5, 5.41) is 5.86. The summed E-state index contributed by atoms with van der Waals surface area (Å²) < 4.78 is 11.3. The van der Waals surface area contributed by atoms with E-state index < -0.39 is 6.09 Å². The Hall–Kier alpha value is -3.85. The van der Waals surface area contributed by atoms with Crippen LogP contribution in [0.2, 0.25) is 0 Å². The van der Waals surface area contributed by atoms with Crippen LogP contribution in [0.1, 0.15) is 17.3 Å². The van der Waals surface area contributed by atoms with Gasteiger partial charge in [-0.25, -0.2) is 9.78 Å². The lowest BCUT2D eigenvalue weighted by molar-refractivity contribution is 0.100. The summed E-state index contributed by atoms with van der Waals surface area (Å²) in [7, 11) is 1.52. The van der Waals surface area contributed by atoms with E-state index in [9.17, 15) is 9.59 Å². The Balaban J connectivity index is 1.65. The minimum atomic E-state index is -0.589. The number of anilines is 2. The van der Waals surface area contributed by atoms with Crippen molar-refractivity contribution in [3.63, 3.8) is 0 Å². The maximum Gasteiger partial charge on any atom is 0.411 e. The van der Waals surface area contributed by atoms with Gasteiger partial charge in [0.2, 0.25) is 0 Å². The molecule has 1 aromatic heterocycles. The summed E-state index contributed by atoms with van der Waals surface area (Å²) in [4.78, 5) is 32.9. The normalized spacial score (nSPS) is 10.7. The zero-order chi connectivity index (χ0) is 24.1. The molecule has 0 atom stereocenters. The number of fused-ring (bicyclic) bond motifs is 1. The molecule has 0 spiro atoms. The first-order chi connectivity index (χ1) is 16.5. The van der Waals surface area contributed by atoms with Crippen molar-refractivity contribution in [2.24, 2.45) is 0 Å². The number of nitrogens with zero attached hydrogens (tertiary/aromatic N) is 1. The van der Waals surface area contributed by atoms with Gasteiger partial charge < -0.3 is 19.8 Å². The predicted molar refractivity (Wildman–Crippen MR) is 136 cm³/mol. The highest BCUT2D eigenvalue weighted by Gasteiger charge is 2.16. The number of aromatic nitrogens is 2. The van der Waals surface area contributed by atoms with Crippen molar-refractivity contribution in [3.8, 4) is 17.1 Å². The van der Waals surface area contributed by atoms with Gasteiger partial charge in [-0.05, 0) is 43.3 Å². The van der Waals surface area contributed by atoms with E-state index in [-0.39, 0.29) is 18.9 Å². The number of nitrogens with one attached hydrogen (secondary N) is 3. The first-order valence-corrected chi connectivity index (χ1v) is 11.4. The average molecular weight is 523 g/mol. The zero-order valence-electron chi connectivity index (χ0n) is 18.6. The molecule has 0 radical (unpaired) electrons. The van der Waals surface area contributed by atoms with Crippen LogP contribution in [0.15, 0.2) is 65.1 Å². The second-order valence-electron chi connectivity index (χ2n) is 7.33. The monoisotopic (exact) mass is 522 g/mol. The molecule has 0 aliphatic heterocycles. The highest BCUT2D eigenvalue weighted by atomic mass is 79.9. The average Bonchev–Trinajstić information content (AvgIpc) is 3.25. The third-order valence-corrected chi connectivity index (χ3v) is 5.63. The molecule has 34 heavy (non-hydrogen) atoms. The molecule has 3 N–H and O–H groups in total. The maximum absolute atomic E-state index is 12.8. The van der Waals surface area contributed by atoms with Crippen LogP contribution in [0.25, 0.3) is 22.4 Å². The lowest BCUT2D eigenvalue weighted by Crippen LogP contribution is -2.18. The Morgan fingerprint density at radius 1 is 1.06 bits per heavy atom. The van der Waals surface area contributed by atoms with Crippen LogP contribution in [-0.4, -0.2) is 42.1 Å². The Morgan fingerprint density at radius 2 is 1.82 bits per heavy atom. The number of amides is 1. The Kier molecular flexibility index (Phi) is 7.12. The predicted octanol–water partition coefficient (Wildman–Crippen LogP) is 5.86. The van der Waals surface area contributed by atoms with Gasteiger partial charge in [0.05, 0.1) is 48.2 Å². The number of rotatable bonds is 8. The Labute approximate surface area is 204 Å². The van der Waals surface area contributed by atoms with Gasteiger partial charge in [-0.2, -0.15) is 0 Å². The van der Waals surface area contributed by atoms with Gasteiger partial charge >= 0.3 is 6.09 Å². The lowest BCUT2D eigenvalue weighted by Gasteiger charge is -2.14. The fraction of sp³-hybridized carbons (Fsp3) is 0.160. The number of hydrogen-bond donors (Lipinski definition) is 3. The fourth-order valence-electron chi connectivity index (χ4n) is 3.47. The van der Waals surface area contributed by atoms with Crippen molar-refractivity contribution in [1.29, 1.82) is 0 Å². The molecule has 0 aliphatic carbocycles. The van der Waals surface area contributed by atoms with Crippen LogP contribution in [-0.2, 0) is 4.74 Å². The third kappa shape index (κ3) is 5.20. The molecule has 1 amide bonds. The number of imidazole rings is 1. The summed E-state index contributed by atoms with van der Waals surface area (Å²) in [5.74, 6) is 1.03. The fourth-order valence-corrected chi connectivity index (χ4v) is 3.74. The van der Waals surface area contributed by atoms with Gasteiger partial charge in [0.25, 0.3) is 0 Å². The van der Waals surface area contributed by atoms with Crippen LogP contribution in [0.5, 0.6) is 5.75 Å². The SMILES string of the molecule is CCOC(=O)Nc1cc2[nH]c(-c3ccc(Br)cc3)nc2cc1NCC(=O)c1ccccc1OC. The van der Waals surface area contributed by atoms with E-state index in [0.29, 0.717) is 34.0 Å². The molecule has 8 nitrogen and oxygen atoms in total. The van der Waals surface area contributed by atoms with E-state index >= 15 is 0 Å². The van der Waals surface area contributed by atoms with Crippen LogP contribution < -0.4 is 15.4 Å². The summed E-state index contributed by atoms with van der Waals surface area (Å²) >= 11 is 3.44. The van der Waals surface area contributed by atoms with Crippen LogP contribution in [0, 0.1) is 0 Å². The standard InChI is InChI=1S/C25H23BrN4O4/c1-3-34-25(32)30-19-13-21-20(28-24(29-21)15-8-10-16(26)11-9-15)12-18(19)27-14-22(31)17-6-4-5-7-23(17)33-2/h4-13,27H,3,14H2,1-2H3,(H,28,29)(H,30,32). The van der Waals surface area contributed by atoms with Crippen molar-refractivity contribution >= 4 is 50.2 Å². The molecular formula is C25H23BrN4O4. The molecule has 0 fully saturated rings. The van der Waals surface area contributed by atoms with E-state index in [0.717, 1.165) is 15.6 Å². The van der Waals surface area contributed by atoms with E-state index in [2.05, 4.69) is 36.5 Å². The molecule has 0 bridgehead atoms. The van der Waals surface area contributed by atoms with Crippen molar-refractivity contribution < 1.29 is 19.1 Å². The Bertz CT molecular complexity index is 1330. The maximum atomic E-state index is 12.8. The summed E-state index contributed by atoms with van der Waals surface area (Å²) in [6.45, 7) is 1.96. The number of carbonyl (C=O) groups is 2. The van der Waals surface area contributed by atoms with Gasteiger partial charge in [-0.1, -0.05) is 40.2 Å². The quantitative estimate of drug-likeness (QED) is 0.250. The molecule has 4 rings (SSSR count). The lowest BCUT2D eigenvalue weighted by atomic mass is 10.1. The number of H-pyrrole nitrogens is 1. The van der Waals surface area contributed by atoms with Gasteiger partial charge in [-0.3, -0.25) is 10.1 Å².